The molecular formula is C46H33N5. The van der Waals surface area contributed by atoms with Gasteiger partial charge in [-0.3, -0.25) is 0 Å². The second kappa shape index (κ2) is 11.8. The van der Waals surface area contributed by atoms with E-state index in [1.54, 1.807) is 0 Å². The number of hydrogen-bond acceptors (Lipinski definition) is 3. The van der Waals surface area contributed by atoms with Crippen LogP contribution in [0.2, 0.25) is 0 Å². The molecule has 1 aliphatic carbocycles. The number of hydrogen-bond donors (Lipinski definition) is 0. The molecule has 3 aromatic heterocycles. The van der Waals surface area contributed by atoms with Crippen molar-refractivity contribution >= 4 is 43.6 Å². The van der Waals surface area contributed by atoms with Crippen molar-refractivity contribution in [2.24, 2.45) is 7.05 Å². The van der Waals surface area contributed by atoms with E-state index in [1.165, 1.54) is 38.1 Å². The molecule has 0 aliphatic heterocycles. The lowest BCUT2D eigenvalue weighted by molar-refractivity contribution is 0.678. The van der Waals surface area contributed by atoms with Gasteiger partial charge in [0.25, 0.3) is 0 Å². The maximum absolute atomic E-state index is 5.33. The lowest BCUT2D eigenvalue weighted by Crippen LogP contribution is -2.15. The second-order valence-corrected chi connectivity index (χ2v) is 13.2. The van der Waals surface area contributed by atoms with E-state index in [2.05, 4.69) is 168 Å². The van der Waals surface area contributed by atoms with E-state index in [-0.39, 0.29) is 11.8 Å². The number of benzene rings is 6. The molecule has 2 unspecified atom stereocenters. The third-order valence-electron chi connectivity index (χ3n) is 10.4. The first-order valence-corrected chi connectivity index (χ1v) is 17.4. The van der Waals surface area contributed by atoms with Crippen molar-refractivity contribution in [2.75, 3.05) is 0 Å². The number of aryl methyl sites for hydroxylation is 1. The molecule has 0 N–H and O–H groups in total. The Balaban J connectivity index is 1.24. The Morgan fingerprint density at radius 3 is 1.86 bits per heavy atom. The van der Waals surface area contributed by atoms with Crippen LogP contribution in [0, 0.1) is 0 Å². The summed E-state index contributed by atoms with van der Waals surface area (Å²) in [5.74, 6) is 2.12. The third-order valence-corrected chi connectivity index (χ3v) is 10.4. The highest BCUT2D eigenvalue weighted by Gasteiger charge is 2.27. The molecule has 5 heteroatoms. The summed E-state index contributed by atoms with van der Waals surface area (Å²) in [4.78, 5) is 15.7. The normalized spacial score (nSPS) is 15.8. The summed E-state index contributed by atoms with van der Waals surface area (Å²) >= 11 is 0. The van der Waals surface area contributed by atoms with Gasteiger partial charge in [-0.1, -0.05) is 133 Å². The monoisotopic (exact) mass is 655 g/mol. The Bertz CT molecular complexity index is 2820. The average molecular weight is 656 g/mol. The number of rotatable bonds is 5. The highest BCUT2D eigenvalue weighted by Crippen LogP contribution is 2.43. The molecule has 51 heavy (non-hydrogen) atoms. The van der Waals surface area contributed by atoms with E-state index in [9.17, 15) is 0 Å². The van der Waals surface area contributed by atoms with Crippen LogP contribution in [0.4, 0.5) is 0 Å². The molecule has 1 aliphatic rings. The van der Waals surface area contributed by atoms with Crippen molar-refractivity contribution in [3.8, 4) is 28.5 Å². The minimum Gasteiger partial charge on any atom is -0.344 e. The fourth-order valence-corrected chi connectivity index (χ4v) is 8.05. The van der Waals surface area contributed by atoms with Gasteiger partial charge in [-0.25, -0.2) is 15.0 Å². The predicted molar refractivity (Wildman–Crippen MR) is 209 cm³/mol. The molecule has 0 fully saturated rings. The second-order valence-electron chi connectivity index (χ2n) is 13.2. The van der Waals surface area contributed by atoms with Crippen molar-refractivity contribution in [1.82, 2.24) is 24.1 Å². The molecule has 0 saturated heterocycles. The zero-order valence-corrected chi connectivity index (χ0v) is 28.1. The summed E-state index contributed by atoms with van der Waals surface area (Å²) in [6, 6.07) is 51.4. The Labute approximate surface area is 295 Å². The molecule has 0 spiro atoms. The molecule has 0 bridgehead atoms. The van der Waals surface area contributed by atoms with Gasteiger partial charge in [0.1, 0.15) is 5.82 Å². The van der Waals surface area contributed by atoms with Crippen LogP contribution >= 0.6 is 0 Å². The van der Waals surface area contributed by atoms with Gasteiger partial charge >= 0.3 is 0 Å². The van der Waals surface area contributed by atoms with Crippen LogP contribution < -0.4 is 0 Å². The number of nitrogens with zero attached hydrogens (tertiary/aromatic N) is 5. The first-order valence-electron chi connectivity index (χ1n) is 17.4. The highest BCUT2D eigenvalue weighted by molar-refractivity contribution is 6.28. The summed E-state index contributed by atoms with van der Waals surface area (Å²) < 4.78 is 4.70. The molecule has 2 atom stereocenters. The minimum atomic E-state index is -0.0540. The van der Waals surface area contributed by atoms with E-state index >= 15 is 0 Å². The molecule has 6 aromatic carbocycles. The SMILES string of the molecule is Cn1c2ccccc2c2c3c4ccccc4n(-c4ccccc4-c4nc(-c5ccccc5)nc(C5C=CC=CC5c5ccccc5)n4)c3ccc21. The smallest absolute Gasteiger partial charge is 0.165 e. The van der Waals surface area contributed by atoms with Crippen LogP contribution in [0.15, 0.2) is 170 Å². The summed E-state index contributed by atoms with van der Waals surface area (Å²) in [5, 5.41) is 5.00. The quantitative estimate of drug-likeness (QED) is 0.185. The Hall–Kier alpha value is -6.59. The molecular weight excluding hydrogens is 623 g/mol. The van der Waals surface area contributed by atoms with E-state index in [0.717, 1.165) is 33.7 Å². The van der Waals surface area contributed by atoms with Crippen LogP contribution in [-0.2, 0) is 7.05 Å². The molecule has 5 nitrogen and oxygen atoms in total. The fraction of sp³-hybridized carbons (Fsp3) is 0.0652. The van der Waals surface area contributed by atoms with Gasteiger partial charge in [0.05, 0.1) is 16.7 Å². The van der Waals surface area contributed by atoms with Gasteiger partial charge in [0.15, 0.2) is 11.6 Å². The molecule has 0 saturated carbocycles. The lowest BCUT2D eigenvalue weighted by atomic mass is 9.82. The van der Waals surface area contributed by atoms with Crippen LogP contribution in [-0.4, -0.2) is 24.1 Å². The standard InChI is InChI=1S/C46H33N5/c1-50-37-25-13-10-22-34(37)42-40(50)28-29-41-43(42)35-23-11-14-26-38(35)51(41)39-27-15-12-24-36(39)46-48-44(31-18-6-3-7-19-31)47-45(49-46)33-21-9-8-20-32(33)30-16-4-2-5-17-30/h2-29,32-33H,1H3. The van der Waals surface area contributed by atoms with Crippen molar-refractivity contribution in [2.45, 2.75) is 11.8 Å². The third kappa shape index (κ3) is 4.66. The molecule has 3 heterocycles. The van der Waals surface area contributed by atoms with E-state index in [1.807, 2.05) is 18.2 Å². The largest absolute Gasteiger partial charge is 0.344 e. The van der Waals surface area contributed by atoms with Crippen LogP contribution in [0.1, 0.15) is 23.2 Å². The Morgan fingerprint density at radius 1 is 0.471 bits per heavy atom. The van der Waals surface area contributed by atoms with Crippen LogP contribution in [0.3, 0.4) is 0 Å². The van der Waals surface area contributed by atoms with Gasteiger partial charge in [0.2, 0.25) is 0 Å². The maximum Gasteiger partial charge on any atom is 0.165 e. The van der Waals surface area contributed by atoms with E-state index in [0.29, 0.717) is 11.6 Å². The molecule has 9 aromatic rings. The summed E-state index contributed by atoms with van der Waals surface area (Å²) in [5.41, 5.74) is 8.90. The summed E-state index contributed by atoms with van der Waals surface area (Å²) in [6.45, 7) is 0. The first-order chi connectivity index (χ1) is 25.2. The molecule has 242 valence electrons. The lowest BCUT2D eigenvalue weighted by Gasteiger charge is -2.24. The van der Waals surface area contributed by atoms with Gasteiger partial charge in [-0.2, -0.15) is 0 Å². The highest BCUT2D eigenvalue weighted by atomic mass is 15.1. The van der Waals surface area contributed by atoms with E-state index < -0.39 is 0 Å². The van der Waals surface area contributed by atoms with Gasteiger partial charge < -0.3 is 9.13 Å². The van der Waals surface area contributed by atoms with E-state index in [4.69, 9.17) is 15.0 Å². The predicted octanol–water partition coefficient (Wildman–Crippen LogP) is 10.9. The van der Waals surface area contributed by atoms with Crippen molar-refractivity contribution in [3.05, 3.63) is 181 Å². The number of fused-ring (bicyclic) bond motifs is 7. The van der Waals surface area contributed by atoms with Crippen molar-refractivity contribution in [1.29, 1.82) is 0 Å². The zero-order chi connectivity index (χ0) is 33.9. The van der Waals surface area contributed by atoms with Crippen molar-refractivity contribution < 1.29 is 0 Å². The number of allylic oxidation sites excluding steroid dienone is 4. The van der Waals surface area contributed by atoms with Gasteiger partial charge in [-0.05, 0) is 42.0 Å². The fourth-order valence-electron chi connectivity index (χ4n) is 8.05. The van der Waals surface area contributed by atoms with Crippen LogP contribution in [0.5, 0.6) is 0 Å². The van der Waals surface area contributed by atoms with Gasteiger partial charge in [0, 0.05) is 62.6 Å². The Morgan fingerprint density at radius 2 is 1.06 bits per heavy atom. The zero-order valence-electron chi connectivity index (χ0n) is 28.1. The Kier molecular flexibility index (Phi) is 6.78. The number of aromatic nitrogens is 5. The number of para-hydroxylation sites is 3. The van der Waals surface area contributed by atoms with Gasteiger partial charge in [-0.15, -0.1) is 0 Å². The average Bonchev–Trinajstić information content (AvgIpc) is 3.70. The summed E-state index contributed by atoms with van der Waals surface area (Å²) in [7, 11) is 2.16. The minimum absolute atomic E-state index is 0.0540. The topological polar surface area (TPSA) is 48.5 Å². The molecule has 0 amide bonds. The maximum atomic E-state index is 5.33. The van der Waals surface area contributed by atoms with Crippen LogP contribution in [0.25, 0.3) is 72.1 Å². The summed E-state index contributed by atoms with van der Waals surface area (Å²) in [6.07, 6.45) is 8.71. The van der Waals surface area contributed by atoms with Crippen molar-refractivity contribution in [3.63, 3.8) is 0 Å². The molecule has 10 rings (SSSR count). The molecule has 0 radical (unpaired) electrons. The first kappa shape index (κ1) is 29.3.